The van der Waals surface area contributed by atoms with E-state index in [0.717, 1.165) is 25.7 Å². The van der Waals surface area contributed by atoms with Crippen LogP contribution in [0, 0.1) is 23.6 Å². The molecule has 242 valence electrons. The van der Waals surface area contributed by atoms with Crippen LogP contribution < -0.4 is 16.0 Å². The third-order valence-electron chi connectivity index (χ3n) is 10.1. The molecule has 3 aliphatic carbocycles. The van der Waals surface area contributed by atoms with Gasteiger partial charge in [-0.15, -0.1) is 0 Å². The highest BCUT2D eigenvalue weighted by Crippen LogP contribution is 2.51. The smallest absolute Gasteiger partial charge is 0.258 e. The molecule has 0 aromatic heterocycles. The largest absolute Gasteiger partial charge is 0.344 e. The van der Waals surface area contributed by atoms with Crippen LogP contribution >= 0.6 is 0 Å². The van der Waals surface area contributed by atoms with E-state index in [0.29, 0.717) is 30.5 Å². The van der Waals surface area contributed by atoms with E-state index in [1.807, 2.05) is 20.9 Å². The minimum absolute atomic E-state index is 0.0537. The summed E-state index contributed by atoms with van der Waals surface area (Å²) in [5.41, 5.74) is -1.48. The molecule has 0 unspecified atom stereocenters. The van der Waals surface area contributed by atoms with Gasteiger partial charge in [0.25, 0.3) is 5.91 Å². The quantitative estimate of drug-likeness (QED) is 0.332. The maximum atomic E-state index is 15.6. The molecule has 1 aromatic carbocycles. The molecule has 5 rings (SSSR count). The van der Waals surface area contributed by atoms with E-state index in [-0.39, 0.29) is 54.8 Å². The normalized spacial score (nSPS) is 25.1. The molecule has 44 heavy (non-hydrogen) atoms. The van der Waals surface area contributed by atoms with Crippen molar-refractivity contribution < 1.29 is 28.0 Å². The molecule has 1 heterocycles. The lowest BCUT2D eigenvalue weighted by atomic mass is 9.88. The lowest BCUT2D eigenvalue weighted by Gasteiger charge is -2.44. The highest BCUT2D eigenvalue weighted by atomic mass is 19.1. The Morgan fingerprint density at radius 3 is 2.16 bits per heavy atom. The minimum Gasteiger partial charge on any atom is -0.344 e. The highest BCUT2D eigenvalue weighted by molar-refractivity contribution is 5.99. The summed E-state index contributed by atoms with van der Waals surface area (Å²) in [5.74, 6) is -2.56. The molecule has 4 amide bonds. The van der Waals surface area contributed by atoms with Crippen molar-refractivity contribution in [1.82, 2.24) is 20.4 Å². The summed E-state index contributed by atoms with van der Waals surface area (Å²) in [6, 6.07) is 2.64. The molecule has 0 spiro atoms. The number of carbonyl (C=O) groups excluding carboxylic acids is 4. The molecule has 0 bridgehead atoms. The number of nitrogens with zero attached hydrogens (tertiary/aromatic N) is 2. The standard InChI is InChI=1S/C33H47F2N5O4/c1-6-26(41)37-28(31(43)40-17-18(2)39(5)16-19(40)3)20(4)23-11-12-25(24(34)15-23)36-30(42)29(38-32(44)33(35)13-14-33)27(21-7-8-21)22-9-10-22/h11-12,15,18-22,27-29H,6-10,13-14,16-17H2,1-5H3,(H,36,42)(H,37,41)(H,38,44)/t18-,19-,20+,28-,29+/m1/s1. The van der Waals surface area contributed by atoms with Gasteiger partial charge in [-0.1, -0.05) is 19.9 Å². The fraction of sp³-hybridized carbons (Fsp3) is 0.697. The van der Waals surface area contributed by atoms with Crippen molar-refractivity contribution >= 4 is 29.3 Å². The summed E-state index contributed by atoms with van der Waals surface area (Å²) < 4.78 is 30.2. The fourth-order valence-corrected chi connectivity index (χ4v) is 6.62. The molecule has 9 nitrogen and oxygen atoms in total. The molecule has 11 heteroatoms. The number of piperazine rings is 1. The lowest BCUT2D eigenvalue weighted by molar-refractivity contribution is -0.141. The van der Waals surface area contributed by atoms with Gasteiger partial charge in [-0.2, -0.15) is 0 Å². The van der Waals surface area contributed by atoms with Gasteiger partial charge in [0, 0.05) is 37.5 Å². The first-order valence-electron chi connectivity index (χ1n) is 16.2. The van der Waals surface area contributed by atoms with Gasteiger partial charge in [-0.3, -0.25) is 24.1 Å². The van der Waals surface area contributed by atoms with Gasteiger partial charge in [0.15, 0.2) is 5.67 Å². The van der Waals surface area contributed by atoms with Crippen molar-refractivity contribution in [3.05, 3.63) is 29.6 Å². The number of anilines is 1. The first kappa shape index (κ1) is 32.3. The molecule has 5 atom stereocenters. The van der Waals surface area contributed by atoms with Crippen LogP contribution in [-0.2, 0) is 19.2 Å². The Morgan fingerprint density at radius 2 is 1.61 bits per heavy atom. The zero-order chi connectivity index (χ0) is 31.9. The molecular weight excluding hydrogens is 568 g/mol. The highest BCUT2D eigenvalue weighted by Gasteiger charge is 2.54. The summed E-state index contributed by atoms with van der Waals surface area (Å²) >= 11 is 0. The van der Waals surface area contributed by atoms with Crippen LogP contribution in [0.3, 0.4) is 0 Å². The molecule has 3 saturated carbocycles. The Bertz CT molecular complexity index is 1270. The second-order valence-electron chi connectivity index (χ2n) is 13.7. The summed E-state index contributed by atoms with van der Waals surface area (Å²) in [6.45, 7) is 8.74. The Hall–Kier alpha value is -3.08. The van der Waals surface area contributed by atoms with Crippen molar-refractivity contribution in [2.75, 3.05) is 25.5 Å². The number of carbonyl (C=O) groups is 4. The van der Waals surface area contributed by atoms with Gasteiger partial charge in [0.1, 0.15) is 17.9 Å². The van der Waals surface area contributed by atoms with Crippen molar-refractivity contribution in [2.45, 2.75) is 108 Å². The van der Waals surface area contributed by atoms with Crippen molar-refractivity contribution in [1.29, 1.82) is 0 Å². The number of hydrogen-bond donors (Lipinski definition) is 3. The maximum Gasteiger partial charge on any atom is 0.258 e. The van der Waals surface area contributed by atoms with Gasteiger partial charge < -0.3 is 20.9 Å². The zero-order valence-electron chi connectivity index (χ0n) is 26.5. The third kappa shape index (κ3) is 7.08. The molecule has 1 aromatic rings. The van der Waals surface area contributed by atoms with Gasteiger partial charge in [0.2, 0.25) is 17.7 Å². The van der Waals surface area contributed by atoms with E-state index in [1.54, 1.807) is 24.8 Å². The Morgan fingerprint density at radius 1 is 0.977 bits per heavy atom. The van der Waals surface area contributed by atoms with Crippen LogP contribution in [0.1, 0.15) is 84.1 Å². The van der Waals surface area contributed by atoms with Gasteiger partial charge in [-0.05, 0) is 94.9 Å². The average Bonchev–Trinajstić information content (AvgIpc) is 3.83. The average molecular weight is 616 g/mol. The SMILES string of the molecule is CCC(=O)N[C@@H](C(=O)N1C[C@@H](C)N(C)C[C@H]1C)[C@@H](C)c1ccc(NC(=O)[C@@H](NC(=O)C2(F)CC2)C(C2CC2)C2CC2)c(F)c1. The Balaban J connectivity index is 1.33. The lowest BCUT2D eigenvalue weighted by Crippen LogP contribution is -2.61. The van der Waals surface area contributed by atoms with E-state index < -0.39 is 41.3 Å². The molecule has 4 aliphatic rings. The molecular formula is C33H47F2N5O4. The van der Waals surface area contributed by atoms with Crippen LogP contribution in [0.5, 0.6) is 0 Å². The number of nitrogens with one attached hydrogen (secondary N) is 3. The number of halogens is 2. The number of alkyl halides is 1. The van der Waals surface area contributed by atoms with Gasteiger partial charge in [0.05, 0.1) is 5.69 Å². The summed E-state index contributed by atoms with van der Waals surface area (Å²) in [4.78, 5) is 56.5. The van der Waals surface area contributed by atoms with E-state index in [1.165, 1.54) is 12.1 Å². The van der Waals surface area contributed by atoms with Crippen molar-refractivity contribution in [3.63, 3.8) is 0 Å². The van der Waals surface area contributed by atoms with E-state index >= 15 is 4.39 Å². The number of likely N-dealkylation sites (N-methyl/N-ethyl adjacent to an activating group) is 1. The first-order valence-corrected chi connectivity index (χ1v) is 16.2. The van der Waals surface area contributed by atoms with Crippen LogP contribution in [0.4, 0.5) is 14.5 Å². The summed E-state index contributed by atoms with van der Waals surface area (Å²) in [7, 11) is 2.02. The van der Waals surface area contributed by atoms with Crippen LogP contribution in [0.25, 0.3) is 0 Å². The first-order chi connectivity index (χ1) is 20.8. The van der Waals surface area contributed by atoms with E-state index in [2.05, 4.69) is 20.9 Å². The van der Waals surface area contributed by atoms with E-state index in [4.69, 9.17) is 0 Å². The summed E-state index contributed by atoms with van der Waals surface area (Å²) in [5, 5.41) is 8.21. The second kappa shape index (κ2) is 12.7. The zero-order valence-corrected chi connectivity index (χ0v) is 26.5. The number of rotatable bonds is 12. The Labute approximate surface area is 258 Å². The monoisotopic (exact) mass is 615 g/mol. The molecule has 3 N–H and O–H groups in total. The third-order valence-corrected chi connectivity index (χ3v) is 10.1. The second-order valence-corrected chi connectivity index (χ2v) is 13.7. The molecule has 1 aliphatic heterocycles. The van der Waals surface area contributed by atoms with Crippen LogP contribution in [0.2, 0.25) is 0 Å². The predicted octanol–water partition coefficient (Wildman–Crippen LogP) is 3.74. The molecule has 1 saturated heterocycles. The van der Waals surface area contributed by atoms with Crippen LogP contribution in [0.15, 0.2) is 18.2 Å². The predicted molar refractivity (Wildman–Crippen MR) is 163 cm³/mol. The van der Waals surface area contributed by atoms with Gasteiger partial charge in [-0.25, -0.2) is 8.78 Å². The fourth-order valence-electron chi connectivity index (χ4n) is 6.62. The number of hydrogen-bond acceptors (Lipinski definition) is 5. The maximum absolute atomic E-state index is 15.6. The minimum atomic E-state index is -1.92. The molecule has 0 radical (unpaired) electrons. The Kier molecular flexibility index (Phi) is 9.35. The van der Waals surface area contributed by atoms with Gasteiger partial charge >= 0.3 is 0 Å². The molecule has 4 fully saturated rings. The van der Waals surface area contributed by atoms with Crippen LogP contribution in [-0.4, -0.2) is 83.4 Å². The number of benzene rings is 1. The topological polar surface area (TPSA) is 111 Å². The van der Waals surface area contributed by atoms with Crippen molar-refractivity contribution in [3.8, 4) is 0 Å². The number of amides is 4. The van der Waals surface area contributed by atoms with E-state index in [9.17, 15) is 23.6 Å². The van der Waals surface area contributed by atoms with Crippen molar-refractivity contribution in [2.24, 2.45) is 17.8 Å². The summed E-state index contributed by atoms with van der Waals surface area (Å²) in [6.07, 6.45) is 4.34.